The minimum atomic E-state index is -0.583. The second-order valence-corrected chi connectivity index (χ2v) is 3.41. The highest BCUT2D eigenvalue weighted by atomic mass is 19.1. The number of rotatable bonds is 1. The Morgan fingerprint density at radius 1 is 1.44 bits per heavy atom. The molecule has 2 rings (SSSR count). The zero-order valence-corrected chi connectivity index (χ0v) is 8.64. The molecule has 4 nitrogen and oxygen atoms in total. The van der Waals surface area contributed by atoms with E-state index in [0.29, 0.717) is 5.69 Å². The molecule has 0 bridgehead atoms. The zero-order chi connectivity index (χ0) is 11.7. The molecule has 0 saturated heterocycles. The van der Waals surface area contributed by atoms with Crippen molar-refractivity contribution in [1.82, 2.24) is 9.78 Å². The quantitative estimate of drug-likeness (QED) is 0.792. The van der Waals surface area contributed by atoms with Gasteiger partial charge in [-0.1, -0.05) is 12.1 Å². The molecule has 0 spiro atoms. The molecule has 0 aliphatic rings. The van der Waals surface area contributed by atoms with Gasteiger partial charge in [0.15, 0.2) is 0 Å². The molecule has 1 aromatic carbocycles. The molecule has 2 N–H and O–H groups in total. The predicted octanol–water partition coefficient (Wildman–Crippen LogP) is 1.60. The van der Waals surface area contributed by atoms with E-state index >= 15 is 0 Å². The number of carbonyl (C=O) groups is 1. The molecule has 16 heavy (non-hydrogen) atoms. The third kappa shape index (κ3) is 1.67. The van der Waals surface area contributed by atoms with Crippen molar-refractivity contribution in [1.29, 1.82) is 0 Å². The van der Waals surface area contributed by atoms with Crippen LogP contribution in [0.2, 0.25) is 0 Å². The van der Waals surface area contributed by atoms with E-state index < -0.39 is 11.7 Å². The topological polar surface area (TPSA) is 60.9 Å². The highest BCUT2D eigenvalue weighted by Crippen LogP contribution is 2.12. The summed E-state index contributed by atoms with van der Waals surface area (Å²) in [5.74, 6) is -0.950. The molecule has 0 amide bonds. The Morgan fingerprint density at radius 3 is 2.69 bits per heavy atom. The van der Waals surface area contributed by atoms with Gasteiger partial charge in [-0.05, 0) is 19.1 Å². The summed E-state index contributed by atoms with van der Waals surface area (Å²) >= 11 is 0. The summed E-state index contributed by atoms with van der Waals surface area (Å²) in [5.41, 5.74) is 6.16. The maximum Gasteiger partial charge on any atom is 0.283 e. The molecule has 5 heteroatoms. The Labute approximate surface area is 91.5 Å². The van der Waals surface area contributed by atoms with Gasteiger partial charge in [-0.3, -0.25) is 4.79 Å². The molecule has 0 aliphatic carbocycles. The average Bonchev–Trinajstić information content (AvgIpc) is 2.58. The lowest BCUT2D eigenvalue weighted by Crippen LogP contribution is -2.17. The van der Waals surface area contributed by atoms with E-state index in [-0.39, 0.29) is 11.4 Å². The second-order valence-electron chi connectivity index (χ2n) is 3.41. The van der Waals surface area contributed by atoms with Crippen molar-refractivity contribution in [3.8, 4) is 0 Å². The number of benzene rings is 1. The first-order valence-electron chi connectivity index (χ1n) is 4.71. The van der Waals surface area contributed by atoms with Gasteiger partial charge in [0.25, 0.3) is 5.91 Å². The Balaban J connectivity index is 2.47. The summed E-state index contributed by atoms with van der Waals surface area (Å²) < 4.78 is 14.4. The number of anilines is 1. The van der Waals surface area contributed by atoms with Gasteiger partial charge in [0.05, 0.1) is 11.3 Å². The van der Waals surface area contributed by atoms with E-state index in [0.717, 1.165) is 4.68 Å². The Morgan fingerprint density at radius 2 is 2.12 bits per heavy atom. The van der Waals surface area contributed by atoms with Crippen LogP contribution in [-0.2, 0) is 0 Å². The monoisotopic (exact) mass is 219 g/mol. The van der Waals surface area contributed by atoms with Crippen molar-refractivity contribution in [3.63, 3.8) is 0 Å². The number of nitrogens with zero attached hydrogens (tertiary/aromatic N) is 2. The van der Waals surface area contributed by atoms with Crippen molar-refractivity contribution in [2.75, 3.05) is 5.73 Å². The van der Waals surface area contributed by atoms with Crippen LogP contribution in [-0.4, -0.2) is 15.7 Å². The first kappa shape index (κ1) is 10.4. The minimum absolute atomic E-state index is 0.0442. The summed E-state index contributed by atoms with van der Waals surface area (Å²) in [6, 6.07) is 7.28. The molecular weight excluding hydrogens is 209 g/mol. The third-order valence-electron chi connectivity index (χ3n) is 2.16. The van der Waals surface area contributed by atoms with Crippen molar-refractivity contribution < 1.29 is 9.18 Å². The molecule has 0 radical (unpaired) electrons. The van der Waals surface area contributed by atoms with Gasteiger partial charge in [0.1, 0.15) is 11.6 Å². The fourth-order valence-electron chi connectivity index (χ4n) is 1.43. The Bertz CT molecular complexity index is 548. The smallest absolute Gasteiger partial charge is 0.283 e. The highest BCUT2D eigenvalue weighted by Gasteiger charge is 2.16. The molecule has 1 aromatic heterocycles. The van der Waals surface area contributed by atoms with Gasteiger partial charge in [0, 0.05) is 6.07 Å². The van der Waals surface area contributed by atoms with E-state index in [1.165, 1.54) is 18.2 Å². The fourth-order valence-corrected chi connectivity index (χ4v) is 1.43. The fraction of sp³-hybridized carbons (Fsp3) is 0.0909. The normalized spacial score (nSPS) is 10.4. The lowest BCUT2D eigenvalue weighted by atomic mass is 10.2. The largest absolute Gasteiger partial charge is 0.383 e. The highest BCUT2D eigenvalue weighted by molar-refractivity contribution is 5.97. The first-order valence-corrected chi connectivity index (χ1v) is 4.71. The lowest BCUT2D eigenvalue weighted by molar-refractivity contribution is 0.0943. The van der Waals surface area contributed by atoms with Crippen molar-refractivity contribution >= 4 is 11.7 Å². The SMILES string of the molecule is Cc1cc(N)n(C(=O)c2ccccc2F)n1. The van der Waals surface area contributed by atoms with Crippen LogP contribution >= 0.6 is 0 Å². The van der Waals surface area contributed by atoms with Crippen LogP contribution in [0.5, 0.6) is 0 Å². The van der Waals surface area contributed by atoms with E-state index in [2.05, 4.69) is 5.10 Å². The molecule has 0 atom stereocenters. The minimum Gasteiger partial charge on any atom is -0.383 e. The number of aryl methyl sites for hydroxylation is 1. The summed E-state index contributed by atoms with van der Waals surface area (Å²) in [6.45, 7) is 1.71. The van der Waals surface area contributed by atoms with Gasteiger partial charge < -0.3 is 5.73 Å². The number of nitrogen functional groups attached to an aromatic ring is 1. The van der Waals surface area contributed by atoms with Crippen molar-refractivity contribution in [3.05, 3.63) is 47.4 Å². The van der Waals surface area contributed by atoms with Crippen molar-refractivity contribution in [2.24, 2.45) is 0 Å². The maximum atomic E-state index is 13.4. The van der Waals surface area contributed by atoms with E-state index in [1.807, 2.05) is 0 Å². The van der Waals surface area contributed by atoms with Gasteiger partial charge in [-0.2, -0.15) is 9.78 Å². The summed E-state index contributed by atoms with van der Waals surface area (Å²) in [6.07, 6.45) is 0. The van der Waals surface area contributed by atoms with E-state index in [1.54, 1.807) is 19.1 Å². The van der Waals surface area contributed by atoms with Crippen LogP contribution in [0.15, 0.2) is 30.3 Å². The van der Waals surface area contributed by atoms with Gasteiger partial charge in [-0.25, -0.2) is 4.39 Å². The molecule has 0 fully saturated rings. The maximum absolute atomic E-state index is 13.4. The Kier molecular flexibility index (Phi) is 2.44. The van der Waals surface area contributed by atoms with Gasteiger partial charge >= 0.3 is 0 Å². The summed E-state index contributed by atoms with van der Waals surface area (Å²) in [7, 11) is 0. The molecular formula is C11H10FN3O. The molecule has 0 saturated carbocycles. The van der Waals surface area contributed by atoms with Crippen LogP contribution in [0.1, 0.15) is 16.1 Å². The third-order valence-corrected chi connectivity index (χ3v) is 2.16. The van der Waals surface area contributed by atoms with Crippen LogP contribution in [0.4, 0.5) is 10.2 Å². The number of aromatic nitrogens is 2. The molecule has 2 aromatic rings. The van der Waals surface area contributed by atoms with Crippen molar-refractivity contribution in [2.45, 2.75) is 6.92 Å². The van der Waals surface area contributed by atoms with Gasteiger partial charge in [-0.15, -0.1) is 0 Å². The number of carbonyl (C=O) groups excluding carboxylic acids is 1. The van der Waals surface area contributed by atoms with E-state index in [9.17, 15) is 9.18 Å². The summed E-state index contributed by atoms with van der Waals surface area (Å²) in [5, 5.41) is 3.90. The first-order chi connectivity index (χ1) is 7.59. The standard InChI is InChI=1S/C11H10FN3O/c1-7-6-10(13)15(14-7)11(16)8-4-2-3-5-9(8)12/h2-6H,13H2,1H3. The molecule has 0 aliphatic heterocycles. The zero-order valence-electron chi connectivity index (χ0n) is 8.64. The number of nitrogens with two attached hydrogens (primary N) is 1. The van der Waals surface area contributed by atoms with Gasteiger partial charge in [0.2, 0.25) is 0 Å². The average molecular weight is 219 g/mol. The predicted molar refractivity (Wildman–Crippen MR) is 57.5 cm³/mol. The number of halogens is 1. The van der Waals surface area contributed by atoms with Crippen LogP contribution in [0, 0.1) is 12.7 Å². The second kappa shape index (κ2) is 3.77. The van der Waals surface area contributed by atoms with Crippen LogP contribution < -0.4 is 5.73 Å². The van der Waals surface area contributed by atoms with E-state index in [4.69, 9.17) is 5.73 Å². The van der Waals surface area contributed by atoms with Crippen LogP contribution in [0.3, 0.4) is 0 Å². The molecule has 82 valence electrons. The lowest BCUT2D eigenvalue weighted by Gasteiger charge is -2.03. The summed E-state index contributed by atoms with van der Waals surface area (Å²) in [4.78, 5) is 11.9. The number of hydrogen-bond donors (Lipinski definition) is 1. The molecule has 0 unspecified atom stereocenters. The van der Waals surface area contributed by atoms with Crippen LogP contribution in [0.25, 0.3) is 0 Å². The molecule has 1 heterocycles. The number of hydrogen-bond acceptors (Lipinski definition) is 3. The Hall–Kier alpha value is -2.17.